The molecule has 2 heterocycles. The number of carbonyl (C=O) groups is 6. The van der Waals surface area contributed by atoms with E-state index in [9.17, 15) is 44.1 Å². The molecule has 0 spiro atoms. The van der Waals surface area contributed by atoms with Gasteiger partial charge >= 0.3 is 35.8 Å². The number of aliphatic carboxylic acids is 1. The predicted molar refractivity (Wildman–Crippen MR) is 187 cm³/mol. The minimum Gasteiger partial charge on any atom is -0.481 e. The van der Waals surface area contributed by atoms with E-state index in [0.717, 1.165) is 6.42 Å². The smallest absolute Gasteiger partial charge is 0.317 e. The monoisotopic (exact) mass is 792 g/mol. The molecular formula is C37H60O18. The number of hydrogen-bond acceptors (Lipinski definition) is 17. The molecule has 0 aromatic rings. The third-order valence-corrected chi connectivity index (χ3v) is 9.40. The number of aliphatic hydroxyl groups excluding tert-OH is 3. The van der Waals surface area contributed by atoms with Crippen LogP contribution in [0.1, 0.15) is 100 Å². The molecule has 0 saturated carbocycles. The van der Waals surface area contributed by atoms with E-state index >= 15 is 0 Å². The molecule has 18 heteroatoms. The van der Waals surface area contributed by atoms with Crippen LogP contribution in [0.5, 0.6) is 0 Å². The number of carboxylic acids is 1. The largest absolute Gasteiger partial charge is 0.481 e. The first-order valence-electron chi connectivity index (χ1n) is 18.9. The molecule has 0 amide bonds. The maximum Gasteiger partial charge on any atom is 0.317 e. The van der Waals surface area contributed by atoms with Gasteiger partial charge in [0, 0.05) is 6.42 Å². The van der Waals surface area contributed by atoms with Crippen LogP contribution in [0.2, 0.25) is 0 Å². The van der Waals surface area contributed by atoms with Gasteiger partial charge in [0.05, 0.1) is 24.4 Å². The topological polar surface area (TPSA) is 257 Å². The van der Waals surface area contributed by atoms with Crippen LogP contribution in [-0.2, 0) is 66.7 Å². The molecule has 2 aliphatic heterocycles. The summed E-state index contributed by atoms with van der Waals surface area (Å²) in [7, 11) is 0. The van der Waals surface area contributed by atoms with Crippen LogP contribution in [0.3, 0.4) is 0 Å². The van der Waals surface area contributed by atoms with Gasteiger partial charge in [0.15, 0.2) is 18.3 Å². The molecule has 2 fully saturated rings. The summed E-state index contributed by atoms with van der Waals surface area (Å²) in [6, 6.07) is 0. The Morgan fingerprint density at radius 3 is 1.85 bits per heavy atom. The lowest BCUT2D eigenvalue weighted by atomic mass is 9.96. The maximum absolute atomic E-state index is 13.5. The Morgan fingerprint density at radius 1 is 0.745 bits per heavy atom. The van der Waals surface area contributed by atoms with Crippen LogP contribution in [0.15, 0.2) is 0 Å². The summed E-state index contributed by atoms with van der Waals surface area (Å²) in [5.41, 5.74) is 0. The Labute approximate surface area is 321 Å². The molecule has 316 valence electrons. The van der Waals surface area contributed by atoms with Crippen LogP contribution in [0.25, 0.3) is 0 Å². The molecule has 0 bridgehead atoms. The van der Waals surface area contributed by atoms with Gasteiger partial charge in [-0.25, -0.2) is 0 Å². The van der Waals surface area contributed by atoms with Gasteiger partial charge < -0.3 is 58.3 Å². The molecule has 0 aliphatic carbocycles. The second kappa shape index (κ2) is 22.4. The van der Waals surface area contributed by atoms with Gasteiger partial charge in [-0.3, -0.25) is 28.8 Å². The predicted octanol–water partition coefficient (Wildman–Crippen LogP) is 1.80. The Kier molecular flexibility index (Phi) is 19.4. The molecule has 4 N–H and O–H groups in total. The zero-order valence-corrected chi connectivity index (χ0v) is 33.0. The number of hydrogen-bond donors (Lipinski definition) is 4. The number of carboxylic acid groups (broad SMARTS) is 1. The Balaban J connectivity index is 2.77. The number of aliphatic hydroxyl groups is 3. The molecule has 11 atom stereocenters. The summed E-state index contributed by atoms with van der Waals surface area (Å²) in [6.45, 7) is 11.2. The highest BCUT2D eigenvalue weighted by molar-refractivity contribution is 5.90. The lowest BCUT2D eigenvalue weighted by Gasteiger charge is -2.47. The Morgan fingerprint density at radius 2 is 1.35 bits per heavy atom. The van der Waals surface area contributed by atoms with E-state index in [0.29, 0.717) is 31.6 Å². The van der Waals surface area contributed by atoms with E-state index in [-0.39, 0.29) is 6.42 Å². The molecule has 2 rings (SSSR count). The first kappa shape index (κ1) is 47.7. The van der Waals surface area contributed by atoms with Crippen molar-refractivity contribution < 1.29 is 87.1 Å². The summed E-state index contributed by atoms with van der Waals surface area (Å²) in [5.74, 6) is -10.1. The number of esters is 5. The Hall–Kier alpha value is -3.42. The second-order valence-corrected chi connectivity index (χ2v) is 14.8. The molecule has 0 aromatic carbocycles. The number of rotatable bonds is 22. The van der Waals surface area contributed by atoms with E-state index in [4.69, 9.17) is 43.0 Å². The van der Waals surface area contributed by atoms with E-state index in [2.05, 4.69) is 0 Å². The second-order valence-electron chi connectivity index (χ2n) is 14.8. The highest BCUT2D eigenvalue weighted by atomic mass is 16.8. The molecule has 2 unspecified atom stereocenters. The standard InChI is InChI=1S/C37H60O18/c1-9-21(7)34(46)52-29-24(17-48-33(45)20(5)6)50-36(55-37(18-49-27(42)15-25(39)40)32(44)28(43)23(16-38)54-37)31(53-35(47)22(8)10-2)30(29)51-26(41)14-12-11-13-19(3)4/h19-24,28-32,36,38,43-44H,9-18H2,1-8H3,(H,39,40)/t21?,22?,23-,24-,28-,29-,30+,31-,32+,36-,37+/m1/s1. The summed E-state index contributed by atoms with van der Waals surface area (Å²) in [6.07, 6.45) is -12.7. The third-order valence-electron chi connectivity index (χ3n) is 9.40. The van der Waals surface area contributed by atoms with Crippen molar-refractivity contribution in [1.29, 1.82) is 0 Å². The Bertz CT molecular complexity index is 1290. The lowest BCUT2D eigenvalue weighted by Crippen LogP contribution is -2.66. The van der Waals surface area contributed by atoms with Crippen molar-refractivity contribution in [3.05, 3.63) is 0 Å². The summed E-state index contributed by atoms with van der Waals surface area (Å²) >= 11 is 0. The van der Waals surface area contributed by atoms with E-state index in [1.54, 1.807) is 41.5 Å². The van der Waals surface area contributed by atoms with Gasteiger partial charge in [0.1, 0.15) is 44.1 Å². The van der Waals surface area contributed by atoms with Gasteiger partial charge in [-0.15, -0.1) is 0 Å². The summed E-state index contributed by atoms with van der Waals surface area (Å²) in [5, 5.41) is 41.0. The summed E-state index contributed by atoms with van der Waals surface area (Å²) in [4.78, 5) is 76.5. The minimum absolute atomic E-state index is 0.0870. The van der Waals surface area contributed by atoms with E-state index < -0.39 is 135 Å². The first-order chi connectivity index (χ1) is 25.8. The lowest BCUT2D eigenvalue weighted by molar-refractivity contribution is -0.384. The quantitative estimate of drug-likeness (QED) is 0.0527. The van der Waals surface area contributed by atoms with Gasteiger partial charge in [0.25, 0.3) is 0 Å². The van der Waals surface area contributed by atoms with Crippen LogP contribution in [-0.4, -0.2) is 131 Å². The SMILES string of the molecule is CCC(C)C(=O)O[C@H]1[C@@H](O[C@]2(COC(=O)CC(=O)O)O[C@H](CO)[C@@H](O)[C@@H]2O)O[C@H](COC(=O)C(C)C)[C@@H](OC(=O)C(C)CC)[C@@H]1OC(=O)CCCCC(C)C. The average molecular weight is 793 g/mol. The van der Waals surface area contributed by atoms with E-state index in [1.165, 1.54) is 0 Å². The van der Waals surface area contributed by atoms with Crippen LogP contribution in [0.4, 0.5) is 0 Å². The van der Waals surface area contributed by atoms with Gasteiger partial charge in [-0.05, 0) is 25.2 Å². The third kappa shape index (κ3) is 13.9. The van der Waals surface area contributed by atoms with Crippen LogP contribution >= 0.6 is 0 Å². The van der Waals surface area contributed by atoms with Crippen molar-refractivity contribution in [2.45, 2.75) is 155 Å². The van der Waals surface area contributed by atoms with Gasteiger partial charge in [0.2, 0.25) is 12.1 Å². The molecule has 55 heavy (non-hydrogen) atoms. The first-order valence-corrected chi connectivity index (χ1v) is 18.9. The minimum atomic E-state index is -2.63. The fourth-order valence-corrected chi connectivity index (χ4v) is 5.51. The summed E-state index contributed by atoms with van der Waals surface area (Å²) < 4.78 is 46.3. The van der Waals surface area contributed by atoms with Crippen molar-refractivity contribution in [3.8, 4) is 0 Å². The van der Waals surface area contributed by atoms with Crippen molar-refractivity contribution in [3.63, 3.8) is 0 Å². The van der Waals surface area contributed by atoms with Crippen molar-refractivity contribution in [1.82, 2.24) is 0 Å². The van der Waals surface area contributed by atoms with E-state index in [1.807, 2.05) is 13.8 Å². The maximum atomic E-state index is 13.5. The van der Waals surface area contributed by atoms with Gasteiger partial charge in [-0.1, -0.05) is 68.2 Å². The molecule has 18 nitrogen and oxygen atoms in total. The van der Waals surface area contributed by atoms with Crippen molar-refractivity contribution in [2.75, 3.05) is 19.8 Å². The molecule has 2 aliphatic rings. The zero-order chi connectivity index (χ0) is 41.6. The normalized spacial score (nSPS) is 29.0. The average Bonchev–Trinajstić information content (AvgIpc) is 3.37. The van der Waals surface area contributed by atoms with Gasteiger partial charge in [-0.2, -0.15) is 0 Å². The molecular weight excluding hydrogens is 732 g/mol. The van der Waals surface area contributed by atoms with Crippen LogP contribution in [0, 0.1) is 23.7 Å². The fourth-order valence-electron chi connectivity index (χ4n) is 5.51. The highest BCUT2D eigenvalue weighted by Crippen LogP contribution is 2.39. The number of ether oxygens (including phenoxy) is 8. The zero-order valence-electron chi connectivity index (χ0n) is 33.0. The molecule has 0 aromatic heterocycles. The number of carbonyl (C=O) groups excluding carboxylic acids is 5. The van der Waals surface area contributed by atoms with Crippen molar-refractivity contribution in [2.24, 2.45) is 23.7 Å². The number of unbranched alkanes of at least 4 members (excludes halogenated alkanes) is 1. The highest BCUT2D eigenvalue weighted by Gasteiger charge is 2.61. The van der Waals surface area contributed by atoms with Crippen molar-refractivity contribution >= 4 is 35.8 Å². The molecule has 2 saturated heterocycles. The molecule has 0 radical (unpaired) electrons. The van der Waals surface area contributed by atoms with Crippen LogP contribution < -0.4 is 0 Å². The fraction of sp³-hybridized carbons (Fsp3) is 0.838.